The molecule has 0 bridgehead atoms. The van der Waals surface area contributed by atoms with Gasteiger partial charge in [0.2, 0.25) is 5.91 Å². The van der Waals surface area contributed by atoms with Crippen LogP contribution in [-0.4, -0.2) is 40.3 Å². The van der Waals surface area contributed by atoms with Crippen LogP contribution in [0.25, 0.3) is 0 Å². The minimum atomic E-state index is -0.488. The molecule has 0 aliphatic rings. The predicted molar refractivity (Wildman–Crippen MR) is 79.7 cm³/mol. The Balaban J connectivity index is 2.82. The third kappa shape index (κ3) is 3.66. The quantitative estimate of drug-likeness (QED) is 0.632. The normalized spacial score (nSPS) is 10.2. The molecule has 0 fully saturated rings. The van der Waals surface area contributed by atoms with E-state index >= 15 is 0 Å². The highest BCUT2D eigenvalue weighted by atomic mass is 79.9. The third-order valence-electron chi connectivity index (χ3n) is 2.96. The number of amides is 1. The van der Waals surface area contributed by atoms with Crippen molar-refractivity contribution < 1.29 is 9.72 Å². The first-order valence-corrected chi connectivity index (χ1v) is 7.02. The topological polar surface area (TPSA) is 88.4 Å². The lowest BCUT2D eigenvalue weighted by atomic mass is 10.2. The summed E-state index contributed by atoms with van der Waals surface area (Å²) in [4.78, 5) is 27.8. The van der Waals surface area contributed by atoms with E-state index in [-0.39, 0.29) is 18.1 Å². The van der Waals surface area contributed by atoms with E-state index in [1.807, 2.05) is 13.8 Å². The molecular formula is C12H17BrN4O3. The Bertz CT molecular complexity index is 518. The number of nitrogens with one attached hydrogen (secondary N) is 1. The number of nitrogens with zero attached hydrogens (tertiary/aromatic N) is 3. The molecule has 1 heterocycles. The number of rotatable bonds is 6. The Hall–Kier alpha value is -1.70. The van der Waals surface area contributed by atoms with Gasteiger partial charge in [-0.25, -0.2) is 4.98 Å². The maximum Gasteiger partial charge on any atom is 0.291 e. The van der Waals surface area contributed by atoms with Crippen LogP contribution in [0.1, 0.15) is 19.4 Å². The van der Waals surface area contributed by atoms with Crippen molar-refractivity contribution in [2.24, 2.45) is 0 Å². The highest BCUT2D eigenvalue weighted by molar-refractivity contribution is 9.10. The molecular weight excluding hydrogens is 328 g/mol. The van der Waals surface area contributed by atoms with E-state index in [9.17, 15) is 14.9 Å². The zero-order valence-electron chi connectivity index (χ0n) is 11.6. The van der Waals surface area contributed by atoms with Crippen LogP contribution in [0.5, 0.6) is 0 Å². The van der Waals surface area contributed by atoms with Gasteiger partial charge in [-0.1, -0.05) is 0 Å². The molecule has 110 valence electrons. The van der Waals surface area contributed by atoms with E-state index < -0.39 is 4.92 Å². The number of pyridine rings is 1. The van der Waals surface area contributed by atoms with Gasteiger partial charge in [0, 0.05) is 18.7 Å². The molecule has 0 aromatic carbocycles. The van der Waals surface area contributed by atoms with Crippen molar-refractivity contribution in [2.75, 3.05) is 25.0 Å². The fourth-order valence-electron chi connectivity index (χ4n) is 1.72. The summed E-state index contributed by atoms with van der Waals surface area (Å²) in [6.45, 7) is 6.83. The number of likely N-dealkylation sites (N-methyl/N-ethyl adjacent to an activating group) is 1. The minimum absolute atomic E-state index is 0.0419. The number of hydrogen-bond acceptors (Lipinski definition) is 5. The summed E-state index contributed by atoms with van der Waals surface area (Å²) in [6.07, 6.45) is 1.18. The van der Waals surface area contributed by atoms with Gasteiger partial charge in [-0.3, -0.25) is 14.9 Å². The summed E-state index contributed by atoms with van der Waals surface area (Å²) in [5.74, 6) is 0.383. The Morgan fingerprint density at radius 1 is 1.50 bits per heavy atom. The molecule has 20 heavy (non-hydrogen) atoms. The van der Waals surface area contributed by atoms with Crippen molar-refractivity contribution in [3.63, 3.8) is 0 Å². The number of carbonyl (C=O) groups is 1. The highest BCUT2D eigenvalue weighted by Crippen LogP contribution is 2.30. The van der Waals surface area contributed by atoms with Crippen molar-refractivity contribution in [1.29, 1.82) is 0 Å². The van der Waals surface area contributed by atoms with E-state index in [0.29, 0.717) is 28.9 Å². The number of nitro groups is 1. The number of anilines is 1. The molecule has 1 rings (SSSR count). The van der Waals surface area contributed by atoms with Gasteiger partial charge in [0.25, 0.3) is 5.69 Å². The molecule has 1 N–H and O–H groups in total. The van der Waals surface area contributed by atoms with Gasteiger partial charge in [-0.2, -0.15) is 0 Å². The molecule has 0 radical (unpaired) electrons. The van der Waals surface area contributed by atoms with Crippen LogP contribution >= 0.6 is 15.9 Å². The van der Waals surface area contributed by atoms with Crippen LogP contribution in [0.15, 0.2) is 10.7 Å². The lowest BCUT2D eigenvalue weighted by Gasteiger charge is -2.19. The van der Waals surface area contributed by atoms with Crippen molar-refractivity contribution in [3.05, 3.63) is 26.3 Å². The molecule has 0 atom stereocenters. The molecule has 7 nitrogen and oxygen atoms in total. The van der Waals surface area contributed by atoms with Gasteiger partial charge in [-0.15, -0.1) is 0 Å². The maximum atomic E-state index is 11.9. The second-order valence-electron chi connectivity index (χ2n) is 4.11. The molecule has 0 aliphatic carbocycles. The van der Waals surface area contributed by atoms with Crippen molar-refractivity contribution in [3.8, 4) is 0 Å². The van der Waals surface area contributed by atoms with E-state index in [1.165, 1.54) is 6.20 Å². The average Bonchev–Trinajstić information content (AvgIpc) is 2.41. The molecule has 0 unspecified atom stereocenters. The van der Waals surface area contributed by atoms with Gasteiger partial charge in [0.1, 0.15) is 12.0 Å². The fraction of sp³-hybridized carbons (Fsp3) is 0.500. The van der Waals surface area contributed by atoms with Crippen LogP contribution in [0, 0.1) is 17.0 Å². The van der Waals surface area contributed by atoms with Crippen molar-refractivity contribution >= 4 is 33.3 Å². The monoisotopic (exact) mass is 344 g/mol. The van der Waals surface area contributed by atoms with E-state index in [1.54, 1.807) is 11.8 Å². The van der Waals surface area contributed by atoms with Gasteiger partial charge in [-0.05, 0) is 36.7 Å². The largest absolute Gasteiger partial charge is 0.360 e. The van der Waals surface area contributed by atoms with Crippen LogP contribution in [-0.2, 0) is 4.79 Å². The van der Waals surface area contributed by atoms with E-state index in [2.05, 4.69) is 26.2 Å². The van der Waals surface area contributed by atoms with Gasteiger partial charge in [0.05, 0.1) is 15.9 Å². The van der Waals surface area contributed by atoms with Gasteiger partial charge >= 0.3 is 0 Å². The van der Waals surface area contributed by atoms with E-state index in [4.69, 9.17) is 0 Å². The van der Waals surface area contributed by atoms with E-state index in [0.717, 1.165) is 0 Å². The lowest BCUT2D eigenvalue weighted by Crippen LogP contribution is -2.35. The smallest absolute Gasteiger partial charge is 0.291 e. The summed E-state index contributed by atoms with van der Waals surface area (Å²) < 4.78 is 0.499. The highest BCUT2D eigenvalue weighted by Gasteiger charge is 2.18. The molecule has 1 aromatic heterocycles. The minimum Gasteiger partial charge on any atom is -0.360 e. The molecule has 0 spiro atoms. The zero-order valence-corrected chi connectivity index (χ0v) is 13.2. The van der Waals surface area contributed by atoms with Crippen LogP contribution < -0.4 is 5.32 Å². The Labute approximate surface area is 125 Å². The first kappa shape index (κ1) is 16.4. The Morgan fingerprint density at radius 2 is 2.10 bits per heavy atom. The standard InChI is InChI=1S/C12H17BrN4O3/c1-4-16(5-2)10(18)7-15-12-11(13)8(3)9(6-14-12)17(19)20/h6H,4-5,7H2,1-3H3,(H,14,15). The molecule has 0 saturated carbocycles. The van der Waals surface area contributed by atoms with Crippen LogP contribution in [0.4, 0.5) is 11.5 Å². The maximum absolute atomic E-state index is 11.9. The fourth-order valence-corrected chi connectivity index (χ4v) is 2.17. The Morgan fingerprint density at radius 3 is 2.60 bits per heavy atom. The second-order valence-corrected chi connectivity index (χ2v) is 4.90. The lowest BCUT2D eigenvalue weighted by molar-refractivity contribution is -0.385. The van der Waals surface area contributed by atoms with Crippen molar-refractivity contribution in [2.45, 2.75) is 20.8 Å². The summed E-state index contributed by atoms with van der Waals surface area (Å²) in [5.41, 5.74) is 0.417. The number of halogens is 1. The molecule has 0 aliphatic heterocycles. The first-order chi connectivity index (χ1) is 9.42. The zero-order chi connectivity index (χ0) is 15.3. The van der Waals surface area contributed by atoms with Gasteiger partial charge < -0.3 is 10.2 Å². The molecule has 1 aromatic rings. The molecule has 0 saturated heterocycles. The Kier molecular flexibility index (Phi) is 5.87. The molecule has 1 amide bonds. The SMILES string of the molecule is CCN(CC)C(=O)CNc1ncc([N+](=O)[O-])c(C)c1Br. The van der Waals surface area contributed by atoms with Crippen LogP contribution in [0.3, 0.4) is 0 Å². The first-order valence-electron chi connectivity index (χ1n) is 6.23. The van der Waals surface area contributed by atoms with Gasteiger partial charge in [0.15, 0.2) is 0 Å². The summed E-state index contributed by atoms with van der Waals surface area (Å²) >= 11 is 3.27. The summed E-state index contributed by atoms with van der Waals surface area (Å²) in [5, 5.41) is 13.7. The third-order valence-corrected chi connectivity index (χ3v) is 3.93. The average molecular weight is 345 g/mol. The van der Waals surface area contributed by atoms with Crippen molar-refractivity contribution in [1.82, 2.24) is 9.88 Å². The predicted octanol–water partition coefficient (Wildman–Crippen LogP) is 2.34. The molecule has 8 heteroatoms. The number of carbonyl (C=O) groups excluding carboxylic acids is 1. The summed E-state index contributed by atoms with van der Waals surface area (Å²) in [6, 6.07) is 0. The number of aromatic nitrogens is 1. The summed E-state index contributed by atoms with van der Waals surface area (Å²) in [7, 11) is 0. The van der Waals surface area contributed by atoms with Crippen LogP contribution in [0.2, 0.25) is 0 Å². The number of hydrogen-bond donors (Lipinski definition) is 1. The second kappa shape index (κ2) is 7.18.